The van der Waals surface area contributed by atoms with Crippen molar-refractivity contribution in [3.8, 4) is 5.75 Å². The Morgan fingerprint density at radius 3 is 2.94 bits per heavy atom. The van der Waals surface area contributed by atoms with Gasteiger partial charge in [-0.2, -0.15) is 0 Å². The molecule has 0 radical (unpaired) electrons. The van der Waals surface area contributed by atoms with Crippen LogP contribution < -0.4 is 4.74 Å². The van der Waals surface area contributed by atoms with Gasteiger partial charge in [-0.15, -0.1) is 0 Å². The molecule has 1 aliphatic carbocycles. The van der Waals surface area contributed by atoms with Crippen molar-refractivity contribution in [3.63, 3.8) is 0 Å². The van der Waals surface area contributed by atoms with Crippen LogP contribution in [0.15, 0.2) is 30.4 Å². The zero-order chi connectivity index (χ0) is 11.5. The lowest BCUT2D eigenvalue weighted by molar-refractivity contribution is 0.0994. The van der Waals surface area contributed by atoms with E-state index in [4.69, 9.17) is 4.74 Å². The van der Waals surface area contributed by atoms with E-state index in [0.29, 0.717) is 6.42 Å². The van der Waals surface area contributed by atoms with Crippen LogP contribution in [0, 0.1) is 0 Å². The molecule has 2 nitrogen and oxygen atoms in total. The maximum absolute atomic E-state index is 11.6. The Morgan fingerprint density at radius 2 is 2.19 bits per heavy atom. The topological polar surface area (TPSA) is 26.3 Å². The fourth-order valence-electron chi connectivity index (χ4n) is 2.08. The van der Waals surface area contributed by atoms with E-state index in [1.807, 2.05) is 44.2 Å². The summed E-state index contributed by atoms with van der Waals surface area (Å²) in [5.41, 5.74) is 1.91. The monoisotopic (exact) mass is 216 g/mol. The van der Waals surface area contributed by atoms with Crippen molar-refractivity contribution in [1.82, 2.24) is 0 Å². The van der Waals surface area contributed by atoms with Crippen LogP contribution >= 0.6 is 0 Å². The number of rotatable bonds is 3. The first-order valence-electron chi connectivity index (χ1n) is 5.67. The molecule has 1 atom stereocenters. The summed E-state index contributed by atoms with van der Waals surface area (Å²) in [6.07, 6.45) is 5.45. The van der Waals surface area contributed by atoms with Gasteiger partial charge in [-0.25, -0.2) is 0 Å². The first kappa shape index (κ1) is 10.9. The highest BCUT2D eigenvalue weighted by Crippen LogP contribution is 2.31. The van der Waals surface area contributed by atoms with Gasteiger partial charge in [0.2, 0.25) is 0 Å². The fraction of sp³-hybridized carbons (Fsp3) is 0.357. The normalized spacial score (nSPS) is 16.5. The molecule has 16 heavy (non-hydrogen) atoms. The molecule has 0 N–H and O–H groups in total. The highest BCUT2D eigenvalue weighted by Gasteiger charge is 2.22. The Morgan fingerprint density at radius 1 is 1.38 bits per heavy atom. The minimum absolute atomic E-state index is 0.0483. The molecule has 0 fully saturated rings. The number of carbonyl (C=O) groups is 1. The van der Waals surface area contributed by atoms with E-state index in [2.05, 4.69) is 0 Å². The van der Waals surface area contributed by atoms with Gasteiger partial charge < -0.3 is 4.74 Å². The summed E-state index contributed by atoms with van der Waals surface area (Å²) >= 11 is 0. The quantitative estimate of drug-likeness (QED) is 0.725. The predicted molar refractivity (Wildman–Crippen MR) is 64.0 cm³/mol. The molecule has 0 saturated heterocycles. The minimum atomic E-state index is 0.0483. The number of ketones is 1. The predicted octanol–water partition coefficient (Wildman–Crippen LogP) is 3.16. The summed E-state index contributed by atoms with van der Waals surface area (Å²) < 4.78 is 5.81. The van der Waals surface area contributed by atoms with Gasteiger partial charge >= 0.3 is 0 Å². The molecule has 0 aliphatic heterocycles. The molecule has 1 aliphatic rings. The second-order valence-corrected chi connectivity index (χ2v) is 4.05. The van der Waals surface area contributed by atoms with E-state index in [9.17, 15) is 4.79 Å². The van der Waals surface area contributed by atoms with Crippen molar-refractivity contribution in [2.45, 2.75) is 32.8 Å². The number of ether oxygens (including phenoxy) is 1. The molecule has 0 saturated carbocycles. The number of carbonyl (C=O) groups excluding carboxylic acids is 1. The third kappa shape index (κ3) is 2.01. The zero-order valence-corrected chi connectivity index (χ0v) is 9.69. The van der Waals surface area contributed by atoms with Crippen molar-refractivity contribution >= 4 is 5.78 Å². The Kier molecular flexibility index (Phi) is 3.09. The fourth-order valence-corrected chi connectivity index (χ4v) is 2.08. The third-order valence-corrected chi connectivity index (χ3v) is 2.81. The summed E-state index contributed by atoms with van der Waals surface area (Å²) in [6, 6.07) is 5.72. The van der Waals surface area contributed by atoms with Gasteiger partial charge in [0, 0.05) is 17.5 Å². The Balaban J connectivity index is 2.26. The van der Waals surface area contributed by atoms with Crippen LogP contribution in [0.4, 0.5) is 0 Å². The van der Waals surface area contributed by atoms with Crippen LogP contribution in [-0.2, 0) is 6.42 Å². The number of allylic oxidation sites excluding steroid dienone is 1. The van der Waals surface area contributed by atoms with Gasteiger partial charge in [-0.1, -0.05) is 18.2 Å². The van der Waals surface area contributed by atoms with Crippen LogP contribution in [0.2, 0.25) is 0 Å². The molecule has 0 spiro atoms. The van der Waals surface area contributed by atoms with Crippen molar-refractivity contribution < 1.29 is 9.53 Å². The van der Waals surface area contributed by atoms with E-state index >= 15 is 0 Å². The minimum Gasteiger partial charge on any atom is -0.486 e. The molecule has 0 aromatic heterocycles. The molecule has 0 amide bonds. The van der Waals surface area contributed by atoms with E-state index in [0.717, 1.165) is 23.3 Å². The third-order valence-electron chi connectivity index (χ3n) is 2.81. The second kappa shape index (κ2) is 4.52. The van der Waals surface area contributed by atoms with Gasteiger partial charge in [0.15, 0.2) is 5.78 Å². The van der Waals surface area contributed by atoms with Crippen LogP contribution in [0.3, 0.4) is 0 Å². The van der Waals surface area contributed by atoms with Gasteiger partial charge in [-0.05, 0) is 32.4 Å². The smallest absolute Gasteiger partial charge is 0.163 e. The highest BCUT2D eigenvalue weighted by atomic mass is 16.5. The lowest BCUT2D eigenvalue weighted by Crippen LogP contribution is -2.09. The molecule has 0 bridgehead atoms. The maximum Gasteiger partial charge on any atom is 0.163 e. The first-order chi connectivity index (χ1) is 7.72. The zero-order valence-electron chi connectivity index (χ0n) is 9.69. The standard InChI is InChI=1S/C14H16O2/c1-3-5-10(2)16-14-7-4-6-11-12(14)8-9-13(11)15/h3-7,10H,8-9H2,1-2H3/b5-3+. The maximum atomic E-state index is 11.6. The lowest BCUT2D eigenvalue weighted by Gasteiger charge is -2.13. The van der Waals surface area contributed by atoms with Gasteiger partial charge in [-0.3, -0.25) is 4.79 Å². The second-order valence-electron chi connectivity index (χ2n) is 4.05. The molecule has 0 heterocycles. The Hall–Kier alpha value is -1.57. The number of hydrogen-bond acceptors (Lipinski definition) is 2. The molecular weight excluding hydrogens is 200 g/mol. The number of fused-ring (bicyclic) bond motifs is 1. The van der Waals surface area contributed by atoms with Gasteiger partial charge in [0.25, 0.3) is 0 Å². The summed E-state index contributed by atoms with van der Waals surface area (Å²) in [5, 5.41) is 0. The van der Waals surface area contributed by atoms with Crippen LogP contribution in [-0.4, -0.2) is 11.9 Å². The van der Waals surface area contributed by atoms with Crippen molar-refractivity contribution in [2.24, 2.45) is 0 Å². The largest absolute Gasteiger partial charge is 0.486 e. The molecule has 2 rings (SSSR count). The molecule has 1 aromatic carbocycles. The Labute approximate surface area is 95.9 Å². The molecule has 84 valence electrons. The van der Waals surface area contributed by atoms with E-state index in [-0.39, 0.29) is 11.9 Å². The van der Waals surface area contributed by atoms with E-state index in [1.165, 1.54) is 0 Å². The summed E-state index contributed by atoms with van der Waals surface area (Å²) in [5.74, 6) is 1.09. The van der Waals surface area contributed by atoms with Gasteiger partial charge in [0.1, 0.15) is 11.9 Å². The average molecular weight is 216 g/mol. The van der Waals surface area contributed by atoms with Crippen LogP contribution in [0.5, 0.6) is 5.75 Å². The average Bonchev–Trinajstić information content (AvgIpc) is 2.62. The summed E-state index contributed by atoms with van der Waals surface area (Å²) in [6.45, 7) is 3.97. The molecule has 1 aromatic rings. The highest BCUT2D eigenvalue weighted by molar-refractivity contribution is 6.01. The summed E-state index contributed by atoms with van der Waals surface area (Å²) in [7, 11) is 0. The van der Waals surface area contributed by atoms with Crippen molar-refractivity contribution in [3.05, 3.63) is 41.5 Å². The Bertz CT molecular complexity index is 432. The summed E-state index contributed by atoms with van der Waals surface area (Å²) in [4.78, 5) is 11.6. The van der Waals surface area contributed by atoms with E-state index < -0.39 is 0 Å². The van der Waals surface area contributed by atoms with E-state index in [1.54, 1.807) is 0 Å². The van der Waals surface area contributed by atoms with Crippen molar-refractivity contribution in [1.29, 1.82) is 0 Å². The number of hydrogen-bond donors (Lipinski definition) is 0. The number of Topliss-reactive ketones (excluding diaryl/α,β-unsaturated/α-hetero) is 1. The SMILES string of the molecule is C/C=C/C(C)Oc1cccc2c1CCC2=O. The first-order valence-corrected chi connectivity index (χ1v) is 5.67. The van der Waals surface area contributed by atoms with Crippen LogP contribution in [0.25, 0.3) is 0 Å². The van der Waals surface area contributed by atoms with Gasteiger partial charge in [0.05, 0.1) is 0 Å². The lowest BCUT2D eigenvalue weighted by atomic mass is 10.1. The molecule has 2 heteroatoms. The molecule has 1 unspecified atom stereocenters. The van der Waals surface area contributed by atoms with Crippen LogP contribution in [0.1, 0.15) is 36.2 Å². The molecular formula is C14H16O2. The van der Waals surface area contributed by atoms with Crippen molar-refractivity contribution in [2.75, 3.05) is 0 Å². The number of benzene rings is 1.